The molecule has 1 atom stereocenters. The normalized spacial score (nSPS) is 18.3. The molecule has 0 aliphatic carbocycles. The molecule has 1 aliphatic rings. The highest BCUT2D eigenvalue weighted by molar-refractivity contribution is 5.29. The van der Waals surface area contributed by atoms with Gasteiger partial charge < -0.3 is 10.1 Å². The Morgan fingerprint density at radius 2 is 2.12 bits per heavy atom. The van der Waals surface area contributed by atoms with E-state index >= 15 is 0 Å². The van der Waals surface area contributed by atoms with Gasteiger partial charge in [0.1, 0.15) is 5.69 Å². The predicted molar refractivity (Wildman–Crippen MR) is 85.1 cm³/mol. The lowest BCUT2D eigenvalue weighted by atomic mass is 10.2. The van der Waals surface area contributed by atoms with E-state index in [0.29, 0.717) is 18.4 Å². The van der Waals surface area contributed by atoms with Crippen LogP contribution >= 0.6 is 0 Å². The van der Waals surface area contributed by atoms with Crippen molar-refractivity contribution in [3.63, 3.8) is 0 Å². The van der Waals surface area contributed by atoms with E-state index in [-0.39, 0.29) is 6.04 Å². The van der Waals surface area contributed by atoms with Crippen LogP contribution in [-0.2, 0) is 12.7 Å². The van der Waals surface area contributed by atoms with Crippen molar-refractivity contribution in [2.45, 2.75) is 25.2 Å². The van der Waals surface area contributed by atoms with Crippen LogP contribution in [0.5, 0.6) is 5.88 Å². The highest BCUT2D eigenvalue weighted by atomic mass is 19.4. The Kier molecular flexibility index (Phi) is 5.03. The number of aromatic nitrogens is 3. The van der Waals surface area contributed by atoms with Crippen molar-refractivity contribution in [2.75, 3.05) is 25.5 Å². The summed E-state index contributed by atoms with van der Waals surface area (Å²) in [6.45, 7) is 2.15. The Morgan fingerprint density at radius 3 is 2.80 bits per heavy atom. The smallest absolute Gasteiger partial charge is 0.433 e. The Hall–Kier alpha value is -2.42. The molecule has 2 aromatic rings. The number of alkyl halides is 3. The minimum atomic E-state index is -4.40. The molecule has 2 aromatic heterocycles. The fourth-order valence-electron chi connectivity index (χ4n) is 2.75. The Bertz CT molecular complexity index is 708. The zero-order valence-corrected chi connectivity index (χ0v) is 13.6. The monoisotopic (exact) mass is 353 g/mol. The first-order valence-corrected chi connectivity index (χ1v) is 7.82. The summed E-state index contributed by atoms with van der Waals surface area (Å²) in [5, 5.41) is 3.25. The van der Waals surface area contributed by atoms with Gasteiger partial charge in [-0.25, -0.2) is 4.98 Å². The van der Waals surface area contributed by atoms with E-state index < -0.39 is 11.9 Å². The first-order chi connectivity index (χ1) is 11.9. The van der Waals surface area contributed by atoms with E-state index in [1.54, 1.807) is 19.4 Å². The third-order valence-electron chi connectivity index (χ3n) is 3.97. The minimum Gasteiger partial charge on any atom is -0.481 e. The third-order valence-corrected chi connectivity index (χ3v) is 3.97. The minimum absolute atomic E-state index is 0.175. The first kappa shape index (κ1) is 17.4. The van der Waals surface area contributed by atoms with Gasteiger partial charge >= 0.3 is 6.18 Å². The summed E-state index contributed by atoms with van der Waals surface area (Å²) in [6.07, 6.45) is -0.601. The Morgan fingerprint density at radius 1 is 1.28 bits per heavy atom. The van der Waals surface area contributed by atoms with Gasteiger partial charge in [-0.2, -0.15) is 18.2 Å². The summed E-state index contributed by atoms with van der Waals surface area (Å²) in [4.78, 5) is 14.0. The molecule has 3 heterocycles. The van der Waals surface area contributed by atoms with Crippen molar-refractivity contribution in [3.05, 3.63) is 41.9 Å². The van der Waals surface area contributed by atoms with Crippen LogP contribution in [0.4, 0.5) is 19.1 Å². The molecule has 9 heteroatoms. The van der Waals surface area contributed by atoms with Crippen molar-refractivity contribution < 1.29 is 17.9 Å². The fraction of sp³-hybridized carbons (Fsp3) is 0.438. The first-order valence-electron chi connectivity index (χ1n) is 7.82. The molecule has 134 valence electrons. The molecule has 1 fully saturated rings. The van der Waals surface area contributed by atoms with Crippen LogP contribution in [0.2, 0.25) is 0 Å². The van der Waals surface area contributed by atoms with Crippen LogP contribution < -0.4 is 10.1 Å². The van der Waals surface area contributed by atoms with Crippen molar-refractivity contribution in [3.8, 4) is 5.88 Å². The molecule has 25 heavy (non-hydrogen) atoms. The summed E-state index contributed by atoms with van der Waals surface area (Å²) in [6, 6.07) is 4.34. The largest absolute Gasteiger partial charge is 0.481 e. The lowest BCUT2D eigenvalue weighted by molar-refractivity contribution is -0.141. The number of hydrogen-bond donors (Lipinski definition) is 1. The molecule has 1 N–H and O–H groups in total. The second-order valence-electron chi connectivity index (χ2n) is 5.84. The quantitative estimate of drug-likeness (QED) is 0.891. The molecule has 0 spiro atoms. The number of nitrogens with one attached hydrogen (secondary N) is 1. The molecule has 1 unspecified atom stereocenters. The SMILES string of the molecule is COc1ccnc(NC2CCN(Cc3ccc(C(F)(F)F)nc3)C2)n1. The number of hydrogen-bond acceptors (Lipinski definition) is 6. The van der Waals surface area contributed by atoms with Crippen molar-refractivity contribution in [1.82, 2.24) is 19.9 Å². The molecular weight excluding hydrogens is 335 g/mol. The van der Waals surface area contributed by atoms with Gasteiger partial charge in [0.2, 0.25) is 11.8 Å². The van der Waals surface area contributed by atoms with Gasteiger partial charge in [-0.05, 0) is 18.1 Å². The van der Waals surface area contributed by atoms with Gasteiger partial charge in [0.25, 0.3) is 0 Å². The number of methoxy groups -OCH3 is 1. The fourth-order valence-corrected chi connectivity index (χ4v) is 2.75. The average molecular weight is 353 g/mol. The van der Waals surface area contributed by atoms with Gasteiger partial charge in [-0.15, -0.1) is 0 Å². The summed E-state index contributed by atoms with van der Waals surface area (Å²) in [7, 11) is 1.54. The molecule has 0 saturated carbocycles. The molecule has 1 saturated heterocycles. The van der Waals surface area contributed by atoms with E-state index in [0.717, 1.165) is 31.1 Å². The topological polar surface area (TPSA) is 63.2 Å². The van der Waals surface area contributed by atoms with Crippen molar-refractivity contribution in [1.29, 1.82) is 0 Å². The van der Waals surface area contributed by atoms with Gasteiger partial charge in [0.05, 0.1) is 7.11 Å². The molecule has 0 aromatic carbocycles. The van der Waals surface area contributed by atoms with Gasteiger partial charge in [-0.3, -0.25) is 9.88 Å². The Labute approximate surface area is 143 Å². The summed E-state index contributed by atoms with van der Waals surface area (Å²) in [5.74, 6) is 0.991. The number of nitrogens with zero attached hydrogens (tertiary/aromatic N) is 4. The van der Waals surface area contributed by atoms with E-state index in [4.69, 9.17) is 4.74 Å². The summed E-state index contributed by atoms with van der Waals surface area (Å²) in [5.41, 5.74) is -0.112. The van der Waals surface area contributed by atoms with Crippen LogP contribution in [0.15, 0.2) is 30.6 Å². The number of likely N-dealkylation sites (tertiary alicyclic amines) is 1. The maximum absolute atomic E-state index is 12.5. The van der Waals surface area contributed by atoms with Crippen LogP contribution in [-0.4, -0.2) is 46.1 Å². The zero-order valence-electron chi connectivity index (χ0n) is 13.6. The molecule has 0 radical (unpaired) electrons. The number of rotatable bonds is 5. The third kappa shape index (κ3) is 4.56. The number of ether oxygens (including phenoxy) is 1. The Balaban J connectivity index is 1.54. The lowest BCUT2D eigenvalue weighted by Gasteiger charge is -2.17. The van der Waals surface area contributed by atoms with Crippen LogP contribution in [0, 0.1) is 0 Å². The van der Waals surface area contributed by atoms with Crippen molar-refractivity contribution >= 4 is 5.95 Å². The molecule has 3 rings (SSSR count). The van der Waals surface area contributed by atoms with Crippen LogP contribution in [0.25, 0.3) is 0 Å². The maximum atomic E-state index is 12.5. The van der Waals surface area contributed by atoms with Crippen molar-refractivity contribution in [2.24, 2.45) is 0 Å². The molecule has 0 bridgehead atoms. The van der Waals surface area contributed by atoms with E-state index in [2.05, 4.69) is 25.2 Å². The predicted octanol–water partition coefficient (Wildman–Crippen LogP) is 2.59. The van der Waals surface area contributed by atoms with Crippen LogP contribution in [0.3, 0.4) is 0 Å². The highest BCUT2D eigenvalue weighted by Gasteiger charge is 2.32. The zero-order chi connectivity index (χ0) is 17.9. The van der Waals surface area contributed by atoms with E-state index in [1.807, 2.05) is 0 Å². The summed E-state index contributed by atoms with van der Waals surface area (Å²) >= 11 is 0. The van der Waals surface area contributed by atoms with Gasteiger partial charge in [0.15, 0.2) is 0 Å². The number of halogens is 3. The number of anilines is 1. The highest BCUT2D eigenvalue weighted by Crippen LogP contribution is 2.27. The standard InChI is InChI=1S/C16H18F3N5O/c1-25-14-4-6-20-15(23-14)22-12-5-7-24(10-12)9-11-2-3-13(21-8-11)16(17,18)19/h2-4,6,8,12H,5,7,9-10H2,1H3,(H,20,22,23). The summed E-state index contributed by atoms with van der Waals surface area (Å²) < 4.78 is 42.7. The van der Waals surface area contributed by atoms with Gasteiger partial charge in [0, 0.05) is 44.1 Å². The molecule has 1 aliphatic heterocycles. The van der Waals surface area contributed by atoms with Gasteiger partial charge in [-0.1, -0.05) is 6.07 Å². The van der Waals surface area contributed by atoms with Crippen LogP contribution in [0.1, 0.15) is 17.7 Å². The maximum Gasteiger partial charge on any atom is 0.433 e. The lowest BCUT2D eigenvalue weighted by Crippen LogP contribution is -2.26. The second-order valence-corrected chi connectivity index (χ2v) is 5.84. The van der Waals surface area contributed by atoms with E-state index in [1.165, 1.54) is 12.3 Å². The molecular formula is C16H18F3N5O. The second kappa shape index (κ2) is 7.22. The number of pyridine rings is 1. The molecule has 6 nitrogen and oxygen atoms in total. The molecule has 0 amide bonds. The van der Waals surface area contributed by atoms with E-state index in [9.17, 15) is 13.2 Å². The average Bonchev–Trinajstić information content (AvgIpc) is 3.01.